The predicted octanol–water partition coefficient (Wildman–Crippen LogP) is 3.89. The maximum absolute atomic E-state index is 12.4. The molecular formula is C20H33ClN2O2S. The summed E-state index contributed by atoms with van der Waals surface area (Å²) in [4.78, 5) is 2.86. The normalized spacial score (nSPS) is 21.8. The zero-order valence-corrected chi connectivity index (χ0v) is 17.7. The molecule has 1 aliphatic heterocycles. The zero-order chi connectivity index (χ0) is 19.0. The molecule has 26 heavy (non-hydrogen) atoms. The van der Waals surface area contributed by atoms with E-state index in [0.717, 1.165) is 49.6 Å². The van der Waals surface area contributed by atoms with E-state index in [1.807, 2.05) is 12.1 Å². The number of aryl methyl sites for hydroxylation is 1. The lowest BCUT2D eigenvalue weighted by Gasteiger charge is -2.34. The van der Waals surface area contributed by atoms with Gasteiger partial charge in [-0.15, -0.1) is 11.6 Å². The number of rotatable bonds is 10. The summed E-state index contributed by atoms with van der Waals surface area (Å²) in [5, 5.41) is 0. The SMILES string of the molecule is CC1CC(C)CN(CCCCNS(=O)(=O)c2ccc(CCCCl)cc2)C1. The van der Waals surface area contributed by atoms with E-state index in [1.165, 1.54) is 19.5 Å². The lowest BCUT2D eigenvalue weighted by atomic mass is 9.92. The minimum Gasteiger partial charge on any atom is -0.303 e. The molecule has 0 bridgehead atoms. The number of hydrogen-bond acceptors (Lipinski definition) is 3. The van der Waals surface area contributed by atoms with Gasteiger partial charge in [0.05, 0.1) is 4.90 Å². The molecule has 0 saturated carbocycles. The Balaban J connectivity index is 1.71. The lowest BCUT2D eigenvalue weighted by molar-refractivity contribution is 0.139. The Kier molecular flexibility index (Phi) is 8.88. The van der Waals surface area contributed by atoms with E-state index in [-0.39, 0.29) is 0 Å². The van der Waals surface area contributed by atoms with Gasteiger partial charge in [0.15, 0.2) is 0 Å². The molecule has 0 radical (unpaired) electrons. The second-order valence-electron chi connectivity index (χ2n) is 7.75. The number of benzene rings is 1. The van der Waals surface area contributed by atoms with Gasteiger partial charge in [0.1, 0.15) is 0 Å². The molecule has 1 saturated heterocycles. The number of nitrogens with zero attached hydrogens (tertiary/aromatic N) is 1. The summed E-state index contributed by atoms with van der Waals surface area (Å²) in [7, 11) is -3.41. The van der Waals surface area contributed by atoms with Crippen molar-refractivity contribution in [3.8, 4) is 0 Å². The molecule has 1 fully saturated rings. The largest absolute Gasteiger partial charge is 0.303 e. The quantitative estimate of drug-likeness (QED) is 0.478. The van der Waals surface area contributed by atoms with Crippen LogP contribution in [0.15, 0.2) is 29.2 Å². The van der Waals surface area contributed by atoms with Crippen molar-refractivity contribution in [2.75, 3.05) is 32.1 Å². The molecule has 1 aliphatic rings. The molecule has 0 aliphatic carbocycles. The van der Waals surface area contributed by atoms with Crippen LogP contribution < -0.4 is 4.72 Å². The zero-order valence-electron chi connectivity index (χ0n) is 16.1. The molecule has 1 N–H and O–H groups in total. The standard InChI is InChI=1S/C20H33ClN2O2S/c1-17-14-18(2)16-23(15-17)13-4-3-12-22-26(24,25)20-9-7-19(8-10-20)6-5-11-21/h7-10,17-18,22H,3-6,11-16H2,1-2H3. The third-order valence-corrected chi connectivity index (χ3v) is 6.71. The van der Waals surface area contributed by atoms with Crippen molar-refractivity contribution >= 4 is 21.6 Å². The number of sulfonamides is 1. The van der Waals surface area contributed by atoms with Crippen molar-refractivity contribution in [3.05, 3.63) is 29.8 Å². The smallest absolute Gasteiger partial charge is 0.240 e. The molecule has 2 rings (SSSR count). The fourth-order valence-corrected chi connectivity index (χ4v) is 5.04. The Morgan fingerprint density at radius 1 is 1.08 bits per heavy atom. The summed E-state index contributed by atoms with van der Waals surface area (Å²) in [6.07, 6.45) is 5.00. The third-order valence-electron chi connectivity index (χ3n) is 4.97. The first kappa shape index (κ1) is 21.7. The molecule has 0 aromatic heterocycles. The first-order chi connectivity index (χ1) is 12.4. The highest BCUT2D eigenvalue weighted by atomic mass is 35.5. The van der Waals surface area contributed by atoms with E-state index in [1.54, 1.807) is 12.1 Å². The summed E-state index contributed by atoms with van der Waals surface area (Å²) in [5.41, 5.74) is 1.12. The van der Waals surface area contributed by atoms with Crippen LogP contribution in [0, 0.1) is 11.8 Å². The number of nitrogens with one attached hydrogen (secondary N) is 1. The van der Waals surface area contributed by atoms with Crippen LogP contribution in [-0.2, 0) is 16.4 Å². The van der Waals surface area contributed by atoms with Crippen molar-refractivity contribution in [1.82, 2.24) is 9.62 Å². The van der Waals surface area contributed by atoms with E-state index >= 15 is 0 Å². The molecule has 1 heterocycles. The van der Waals surface area contributed by atoms with Crippen molar-refractivity contribution in [1.29, 1.82) is 0 Å². The summed E-state index contributed by atoms with van der Waals surface area (Å²) in [5.74, 6) is 2.16. The average molecular weight is 401 g/mol. The Bertz CT molecular complexity index is 624. The number of piperidine rings is 1. The first-order valence-electron chi connectivity index (χ1n) is 9.77. The highest BCUT2D eigenvalue weighted by Crippen LogP contribution is 2.21. The van der Waals surface area contributed by atoms with Crippen LogP contribution >= 0.6 is 11.6 Å². The van der Waals surface area contributed by atoms with Gasteiger partial charge in [-0.3, -0.25) is 0 Å². The summed E-state index contributed by atoms with van der Waals surface area (Å²) in [6.45, 7) is 8.54. The summed E-state index contributed by atoms with van der Waals surface area (Å²) >= 11 is 5.69. The minimum absolute atomic E-state index is 0.339. The lowest BCUT2D eigenvalue weighted by Crippen LogP contribution is -2.39. The van der Waals surface area contributed by atoms with Gasteiger partial charge in [0.2, 0.25) is 10.0 Å². The third kappa shape index (κ3) is 7.18. The molecule has 2 atom stereocenters. The first-order valence-corrected chi connectivity index (χ1v) is 11.8. The van der Waals surface area contributed by atoms with E-state index in [0.29, 0.717) is 17.3 Å². The van der Waals surface area contributed by atoms with Crippen LogP contribution in [0.2, 0.25) is 0 Å². The molecule has 1 aromatic carbocycles. The fraction of sp³-hybridized carbons (Fsp3) is 0.700. The fourth-order valence-electron chi connectivity index (χ4n) is 3.83. The van der Waals surface area contributed by atoms with Gasteiger partial charge in [-0.25, -0.2) is 13.1 Å². The Morgan fingerprint density at radius 3 is 2.35 bits per heavy atom. The molecule has 148 valence electrons. The summed E-state index contributed by atoms with van der Waals surface area (Å²) in [6, 6.07) is 7.12. The monoisotopic (exact) mass is 400 g/mol. The average Bonchev–Trinajstić information content (AvgIpc) is 2.59. The summed E-state index contributed by atoms with van der Waals surface area (Å²) < 4.78 is 27.5. The Hall–Kier alpha value is -0.620. The second kappa shape index (κ2) is 10.6. The van der Waals surface area contributed by atoms with Gasteiger partial charge < -0.3 is 4.90 Å². The van der Waals surface area contributed by atoms with Crippen LogP contribution in [0.1, 0.15) is 45.1 Å². The Labute approximate surface area is 164 Å². The maximum Gasteiger partial charge on any atom is 0.240 e. The molecular weight excluding hydrogens is 368 g/mol. The van der Waals surface area contributed by atoms with Gasteiger partial charge in [-0.2, -0.15) is 0 Å². The highest BCUT2D eigenvalue weighted by Gasteiger charge is 2.21. The minimum atomic E-state index is -3.41. The topological polar surface area (TPSA) is 49.4 Å². The van der Waals surface area contributed by atoms with E-state index < -0.39 is 10.0 Å². The van der Waals surface area contributed by atoms with Gasteiger partial charge in [-0.1, -0.05) is 26.0 Å². The number of unbranched alkanes of at least 4 members (excludes halogenated alkanes) is 1. The van der Waals surface area contributed by atoms with Crippen LogP contribution in [-0.4, -0.2) is 45.4 Å². The van der Waals surface area contributed by atoms with Crippen LogP contribution in [0.25, 0.3) is 0 Å². The van der Waals surface area contributed by atoms with Gasteiger partial charge >= 0.3 is 0 Å². The molecule has 4 nitrogen and oxygen atoms in total. The van der Waals surface area contributed by atoms with Crippen LogP contribution in [0.4, 0.5) is 0 Å². The van der Waals surface area contributed by atoms with Crippen LogP contribution in [0.5, 0.6) is 0 Å². The number of hydrogen-bond donors (Lipinski definition) is 1. The molecule has 0 amide bonds. The molecule has 1 aromatic rings. The molecule has 0 spiro atoms. The number of likely N-dealkylation sites (tertiary alicyclic amines) is 1. The molecule has 6 heteroatoms. The van der Waals surface area contributed by atoms with Crippen molar-refractivity contribution in [2.45, 2.75) is 50.8 Å². The number of alkyl halides is 1. The predicted molar refractivity (Wildman–Crippen MR) is 109 cm³/mol. The molecule has 2 unspecified atom stereocenters. The second-order valence-corrected chi connectivity index (χ2v) is 9.89. The Morgan fingerprint density at radius 2 is 1.73 bits per heavy atom. The highest BCUT2D eigenvalue weighted by molar-refractivity contribution is 7.89. The van der Waals surface area contributed by atoms with Gasteiger partial charge in [0, 0.05) is 25.5 Å². The van der Waals surface area contributed by atoms with E-state index in [9.17, 15) is 8.42 Å². The number of halogens is 1. The van der Waals surface area contributed by atoms with E-state index in [2.05, 4.69) is 23.5 Å². The van der Waals surface area contributed by atoms with Crippen molar-refractivity contribution in [3.63, 3.8) is 0 Å². The van der Waals surface area contributed by atoms with Gasteiger partial charge in [-0.05, 0) is 68.2 Å². The van der Waals surface area contributed by atoms with E-state index in [4.69, 9.17) is 11.6 Å². The van der Waals surface area contributed by atoms with Crippen LogP contribution in [0.3, 0.4) is 0 Å². The van der Waals surface area contributed by atoms with Crippen molar-refractivity contribution in [2.24, 2.45) is 11.8 Å². The maximum atomic E-state index is 12.4. The van der Waals surface area contributed by atoms with Gasteiger partial charge in [0.25, 0.3) is 0 Å². The van der Waals surface area contributed by atoms with Crippen molar-refractivity contribution < 1.29 is 8.42 Å².